The molecule has 4 heteroatoms. The van der Waals surface area contributed by atoms with Gasteiger partial charge in [0.15, 0.2) is 0 Å². The molecular formula is C10H18N2O2. The van der Waals surface area contributed by atoms with Crippen molar-refractivity contribution in [3.63, 3.8) is 0 Å². The highest BCUT2D eigenvalue weighted by atomic mass is 16.5. The van der Waals surface area contributed by atoms with Crippen LogP contribution in [0.1, 0.15) is 19.3 Å². The molecule has 0 aromatic heterocycles. The third kappa shape index (κ3) is 1.91. The second-order valence-electron chi connectivity index (χ2n) is 4.09. The van der Waals surface area contributed by atoms with E-state index >= 15 is 0 Å². The molecule has 0 bridgehead atoms. The molecule has 0 aromatic carbocycles. The third-order valence-electron chi connectivity index (χ3n) is 3.14. The van der Waals surface area contributed by atoms with Gasteiger partial charge in [-0.05, 0) is 19.3 Å². The van der Waals surface area contributed by atoms with E-state index in [1.54, 1.807) is 7.11 Å². The van der Waals surface area contributed by atoms with Gasteiger partial charge >= 0.3 is 0 Å². The molecule has 2 aliphatic rings. The lowest BCUT2D eigenvalue weighted by Crippen LogP contribution is -2.42. The molecule has 0 unspecified atom stereocenters. The van der Waals surface area contributed by atoms with Gasteiger partial charge in [-0.25, -0.2) is 0 Å². The lowest BCUT2D eigenvalue weighted by atomic mass is 10.2. The smallest absolute Gasteiger partial charge is 0.239 e. The summed E-state index contributed by atoms with van der Waals surface area (Å²) in [5.41, 5.74) is 0. The zero-order valence-electron chi connectivity index (χ0n) is 8.66. The van der Waals surface area contributed by atoms with Crippen molar-refractivity contribution in [2.75, 3.05) is 26.7 Å². The standard InChI is InChI=1S/C10H18N2O2/c1-14-8-6-9(11-7-8)10(13)12-4-2-3-5-12/h8-9,11H,2-7H2,1H3/t8-,9+/m1/s1. The molecule has 2 fully saturated rings. The van der Waals surface area contributed by atoms with Crippen LogP contribution in [0.25, 0.3) is 0 Å². The Morgan fingerprint density at radius 2 is 2.14 bits per heavy atom. The number of hydrogen-bond acceptors (Lipinski definition) is 3. The molecule has 1 N–H and O–H groups in total. The molecule has 4 nitrogen and oxygen atoms in total. The Labute approximate surface area is 84.6 Å². The summed E-state index contributed by atoms with van der Waals surface area (Å²) in [6.45, 7) is 2.68. The van der Waals surface area contributed by atoms with Gasteiger partial charge in [0.1, 0.15) is 0 Å². The molecule has 2 atom stereocenters. The van der Waals surface area contributed by atoms with Crippen LogP contribution in [0, 0.1) is 0 Å². The second kappa shape index (κ2) is 4.28. The number of amides is 1. The van der Waals surface area contributed by atoms with Crippen LogP contribution in [0.15, 0.2) is 0 Å². The Morgan fingerprint density at radius 1 is 1.43 bits per heavy atom. The first kappa shape index (κ1) is 9.93. The van der Waals surface area contributed by atoms with E-state index in [1.807, 2.05) is 4.90 Å². The molecule has 80 valence electrons. The predicted octanol–water partition coefficient (Wildman–Crippen LogP) is -0.0143. The summed E-state index contributed by atoms with van der Waals surface area (Å²) < 4.78 is 5.22. The minimum absolute atomic E-state index is 0.00181. The van der Waals surface area contributed by atoms with E-state index < -0.39 is 0 Å². The molecule has 14 heavy (non-hydrogen) atoms. The summed E-state index contributed by atoms with van der Waals surface area (Å²) in [4.78, 5) is 13.9. The fraction of sp³-hybridized carbons (Fsp3) is 0.900. The maximum Gasteiger partial charge on any atom is 0.239 e. The van der Waals surface area contributed by atoms with Gasteiger partial charge < -0.3 is 15.0 Å². The number of methoxy groups -OCH3 is 1. The first-order chi connectivity index (χ1) is 6.81. The van der Waals surface area contributed by atoms with Crippen LogP contribution in [0.2, 0.25) is 0 Å². The van der Waals surface area contributed by atoms with Crippen molar-refractivity contribution in [3.8, 4) is 0 Å². The van der Waals surface area contributed by atoms with Crippen molar-refractivity contribution in [2.45, 2.75) is 31.4 Å². The van der Waals surface area contributed by atoms with Crippen LogP contribution in [0.5, 0.6) is 0 Å². The molecule has 0 aliphatic carbocycles. The molecular weight excluding hydrogens is 180 g/mol. The van der Waals surface area contributed by atoms with Gasteiger partial charge in [0.05, 0.1) is 12.1 Å². The molecule has 2 heterocycles. The Morgan fingerprint density at radius 3 is 2.71 bits per heavy atom. The molecule has 0 aromatic rings. The van der Waals surface area contributed by atoms with Crippen molar-refractivity contribution < 1.29 is 9.53 Å². The number of hydrogen-bond donors (Lipinski definition) is 1. The summed E-state index contributed by atoms with van der Waals surface area (Å²) in [5, 5.41) is 3.22. The monoisotopic (exact) mass is 198 g/mol. The molecule has 0 spiro atoms. The zero-order valence-corrected chi connectivity index (χ0v) is 8.66. The SMILES string of the molecule is CO[C@H]1CN[C@H](C(=O)N2CCCC2)C1. The fourth-order valence-corrected chi connectivity index (χ4v) is 2.23. The van der Waals surface area contributed by atoms with Gasteiger partial charge in [-0.15, -0.1) is 0 Å². The van der Waals surface area contributed by atoms with Gasteiger partial charge in [0, 0.05) is 26.7 Å². The summed E-state index contributed by atoms with van der Waals surface area (Å²) in [5.74, 6) is 0.266. The van der Waals surface area contributed by atoms with Crippen LogP contribution in [-0.2, 0) is 9.53 Å². The predicted molar refractivity (Wildman–Crippen MR) is 53.0 cm³/mol. The molecule has 0 radical (unpaired) electrons. The number of ether oxygens (including phenoxy) is 1. The van der Waals surface area contributed by atoms with Crippen LogP contribution < -0.4 is 5.32 Å². The molecule has 1 amide bonds. The first-order valence-corrected chi connectivity index (χ1v) is 5.36. The Kier molecular flexibility index (Phi) is 3.03. The number of likely N-dealkylation sites (tertiary alicyclic amines) is 1. The van der Waals surface area contributed by atoms with Crippen LogP contribution in [0.3, 0.4) is 0 Å². The van der Waals surface area contributed by atoms with E-state index in [2.05, 4.69) is 5.32 Å². The van der Waals surface area contributed by atoms with Gasteiger partial charge in [0.2, 0.25) is 5.91 Å². The van der Waals surface area contributed by atoms with Crippen LogP contribution in [-0.4, -0.2) is 49.7 Å². The molecule has 2 saturated heterocycles. The average Bonchev–Trinajstić information content (AvgIpc) is 2.88. The highest BCUT2D eigenvalue weighted by Crippen LogP contribution is 2.15. The average molecular weight is 198 g/mol. The largest absolute Gasteiger partial charge is 0.380 e. The van der Waals surface area contributed by atoms with Gasteiger partial charge in [-0.2, -0.15) is 0 Å². The van der Waals surface area contributed by atoms with Crippen LogP contribution in [0.4, 0.5) is 0 Å². The highest BCUT2D eigenvalue weighted by molar-refractivity contribution is 5.82. The van der Waals surface area contributed by atoms with Crippen molar-refractivity contribution in [1.82, 2.24) is 10.2 Å². The zero-order chi connectivity index (χ0) is 9.97. The summed E-state index contributed by atoms with van der Waals surface area (Å²) in [6.07, 6.45) is 3.36. The van der Waals surface area contributed by atoms with Crippen molar-refractivity contribution in [1.29, 1.82) is 0 Å². The molecule has 2 aliphatic heterocycles. The Balaban J connectivity index is 1.86. The van der Waals surface area contributed by atoms with E-state index in [0.29, 0.717) is 0 Å². The van der Waals surface area contributed by atoms with E-state index in [9.17, 15) is 4.79 Å². The van der Waals surface area contributed by atoms with E-state index in [-0.39, 0.29) is 18.1 Å². The summed E-state index contributed by atoms with van der Waals surface area (Å²) in [6, 6.07) is -0.00181. The minimum Gasteiger partial charge on any atom is -0.380 e. The number of nitrogens with one attached hydrogen (secondary N) is 1. The summed E-state index contributed by atoms with van der Waals surface area (Å²) >= 11 is 0. The van der Waals surface area contributed by atoms with E-state index in [0.717, 1.165) is 38.9 Å². The maximum absolute atomic E-state index is 11.9. The highest BCUT2D eigenvalue weighted by Gasteiger charge is 2.32. The molecule has 0 saturated carbocycles. The number of carbonyl (C=O) groups is 1. The van der Waals surface area contributed by atoms with Crippen LogP contribution >= 0.6 is 0 Å². The first-order valence-electron chi connectivity index (χ1n) is 5.36. The van der Waals surface area contributed by atoms with Crippen molar-refractivity contribution >= 4 is 5.91 Å². The summed E-state index contributed by atoms with van der Waals surface area (Å²) in [7, 11) is 1.70. The van der Waals surface area contributed by atoms with E-state index in [4.69, 9.17) is 4.74 Å². The fourth-order valence-electron chi connectivity index (χ4n) is 2.23. The quantitative estimate of drug-likeness (QED) is 0.678. The minimum atomic E-state index is -0.00181. The van der Waals surface area contributed by atoms with E-state index in [1.165, 1.54) is 0 Å². The third-order valence-corrected chi connectivity index (χ3v) is 3.14. The second-order valence-corrected chi connectivity index (χ2v) is 4.09. The van der Waals surface area contributed by atoms with Gasteiger partial charge in [0.25, 0.3) is 0 Å². The number of nitrogens with zero attached hydrogens (tertiary/aromatic N) is 1. The number of carbonyl (C=O) groups excluding carboxylic acids is 1. The molecule has 2 rings (SSSR count). The number of rotatable bonds is 2. The topological polar surface area (TPSA) is 41.6 Å². The lowest BCUT2D eigenvalue weighted by molar-refractivity contribution is -0.132. The van der Waals surface area contributed by atoms with Gasteiger partial charge in [-0.3, -0.25) is 4.79 Å². The normalized spacial score (nSPS) is 32.5. The van der Waals surface area contributed by atoms with Gasteiger partial charge in [-0.1, -0.05) is 0 Å². The van der Waals surface area contributed by atoms with Crippen molar-refractivity contribution in [2.24, 2.45) is 0 Å². The maximum atomic E-state index is 11.9. The van der Waals surface area contributed by atoms with Crippen molar-refractivity contribution in [3.05, 3.63) is 0 Å². The Hall–Kier alpha value is -0.610. The lowest BCUT2D eigenvalue weighted by Gasteiger charge is -2.19. The Bertz CT molecular complexity index is 214.